The molecule has 0 aliphatic carbocycles. The molecule has 0 amide bonds. The fourth-order valence-corrected chi connectivity index (χ4v) is 1.80. The molecule has 0 unspecified atom stereocenters. The third-order valence-corrected chi connectivity index (χ3v) is 2.96. The number of aromatic nitrogens is 2. The minimum atomic E-state index is -0.402. The maximum atomic E-state index is 11.9. The highest BCUT2D eigenvalue weighted by molar-refractivity contribution is 5.90. The fraction of sp³-hybridized carbons (Fsp3) is 0.286. The van der Waals surface area contributed by atoms with Crippen molar-refractivity contribution in [3.8, 4) is 5.75 Å². The molecule has 1 heterocycles. The van der Waals surface area contributed by atoms with Crippen molar-refractivity contribution in [3.05, 3.63) is 42.0 Å². The average Bonchev–Trinajstić information content (AvgIpc) is 2.85. The van der Waals surface area contributed by atoms with Gasteiger partial charge >= 0.3 is 5.97 Å². The minimum absolute atomic E-state index is 0.280. The number of esters is 1. The number of benzene rings is 1. The van der Waals surface area contributed by atoms with Crippen molar-refractivity contribution < 1.29 is 14.3 Å². The minimum Gasteiger partial charge on any atom is -0.495 e. The molecule has 2 aromatic rings. The summed E-state index contributed by atoms with van der Waals surface area (Å²) in [7, 11) is 1.50. The highest BCUT2D eigenvalue weighted by atomic mass is 16.5. The normalized spacial score (nSPS) is 10.3. The summed E-state index contributed by atoms with van der Waals surface area (Å²) in [6.45, 7) is 2.75. The van der Waals surface area contributed by atoms with Crippen LogP contribution >= 0.6 is 0 Å². The molecular formula is C14H17N3O3. The zero-order valence-electron chi connectivity index (χ0n) is 11.5. The average molecular weight is 275 g/mol. The Morgan fingerprint density at radius 2 is 2.25 bits per heavy atom. The third-order valence-electron chi connectivity index (χ3n) is 2.96. The van der Waals surface area contributed by atoms with Crippen LogP contribution in [-0.4, -0.2) is 29.2 Å². The number of anilines is 1. The van der Waals surface area contributed by atoms with Crippen LogP contribution in [0, 0.1) is 6.92 Å². The van der Waals surface area contributed by atoms with E-state index in [-0.39, 0.29) is 6.61 Å². The van der Waals surface area contributed by atoms with E-state index >= 15 is 0 Å². The Morgan fingerprint density at radius 1 is 1.45 bits per heavy atom. The first-order valence-electron chi connectivity index (χ1n) is 6.20. The van der Waals surface area contributed by atoms with Gasteiger partial charge in [-0.15, -0.1) is 0 Å². The Hall–Kier alpha value is -2.50. The topological polar surface area (TPSA) is 79.4 Å². The van der Waals surface area contributed by atoms with E-state index in [1.165, 1.54) is 7.11 Å². The number of nitrogen functional groups attached to an aromatic ring is 1. The van der Waals surface area contributed by atoms with Gasteiger partial charge in [0.1, 0.15) is 18.2 Å². The number of nitrogens with zero attached hydrogens (tertiary/aromatic N) is 2. The molecule has 0 saturated heterocycles. The molecule has 2 N–H and O–H groups in total. The summed E-state index contributed by atoms with van der Waals surface area (Å²) in [6.07, 6.45) is 3.55. The van der Waals surface area contributed by atoms with Crippen molar-refractivity contribution in [2.75, 3.05) is 19.5 Å². The van der Waals surface area contributed by atoms with Crippen LogP contribution in [0.5, 0.6) is 5.75 Å². The number of carbonyl (C=O) groups excluding carboxylic acids is 1. The van der Waals surface area contributed by atoms with Gasteiger partial charge in [-0.25, -0.2) is 9.78 Å². The van der Waals surface area contributed by atoms with E-state index < -0.39 is 5.97 Å². The van der Waals surface area contributed by atoms with Crippen LogP contribution in [0.15, 0.2) is 30.6 Å². The van der Waals surface area contributed by atoms with Crippen LogP contribution in [-0.2, 0) is 11.3 Å². The lowest BCUT2D eigenvalue weighted by molar-refractivity contribution is 0.0490. The van der Waals surface area contributed by atoms with E-state index in [4.69, 9.17) is 15.2 Å². The van der Waals surface area contributed by atoms with Crippen molar-refractivity contribution in [2.45, 2.75) is 13.5 Å². The van der Waals surface area contributed by atoms with Gasteiger partial charge in [-0.2, -0.15) is 0 Å². The second kappa shape index (κ2) is 6.10. The van der Waals surface area contributed by atoms with Gasteiger partial charge in [-0.3, -0.25) is 0 Å². The zero-order chi connectivity index (χ0) is 14.5. The van der Waals surface area contributed by atoms with Crippen molar-refractivity contribution in [3.63, 3.8) is 0 Å². The Bertz CT molecular complexity index is 607. The number of aryl methyl sites for hydroxylation is 1. The van der Waals surface area contributed by atoms with Crippen LogP contribution in [0.25, 0.3) is 0 Å². The summed E-state index contributed by atoms with van der Waals surface area (Å²) in [4.78, 5) is 16.0. The Kier molecular flexibility index (Phi) is 4.24. The number of imidazole rings is 1. The molecule has 0 spiro atoms. The van der Waals surface area contributed by atoms with Gasteiger partial charge in [0.05, 0.1) is 24.9 Å². The molecule has 1 aromatic heterocycles. The van der Waals surface area contributed by atoms with Gasteiger partial charge < -0.3 is 19.8 Å². The molecule has 6 nitrogen and oxygen atoms in total. The lowest BCUT2D eigenvalue weighted by atomic mass is 10.2. The van der Waals surface area contributed by atoms with E-state index in [0.29, 0.717) is 23.5 Å². The summed E-state index contributed by atoms with van der Waals surface area (Å²) < 4.78 is 12.2. The number of carbonyl (C=O) groups is 1. The number of hydrogen-bond acceptors (Lipinski definition) is 5. The van der Waals surface area contributed by atoms with E-state index in [1.807, 2.05) is 17.7 Å². The first-order valence-corrected chi connectivity index (χ1v) is 6.20. The SMILES string of the molecule is COc1cc(C(=O)OCCn2ccnc2C)ccc1N. The van der Waals surface area contributed by atoms with Crippen LogP contribution in [0.3, 0.4) is 0 Å². The predicted octanol–water partition coefficient (Wildman–Crippen LogP) is 1.64. The standard InChI is InChI=1S/C14H17N3O3/c1-10-16-5-6-17(10)7-8-20-14(18)11-3-4-12(15)13(9-11)19-2/h3-6,9H,7-8,15H2,1-2H3. The van der Waals surface area contributed by atoms with Crippen LogP contribution in [0.1, 0.15) is 16.2 Å². The fourth-order valence-electron chi connectivity index (χ4n) is 1.80. The van der Waals surface area contributed by atoms with Gasteiger partial charge in [-0.1, -0.05) is 0 Å². The number of rotatable bonds is 5. The zero-order valence-corrected chi connectivity index (χ0v) is 11.5. The van der Waals surface area contributed by atoms with Crippen molar-refractivity contribution >= 4 is 11.7 Å². The molecule has 6 heteroatoms. The first-order chi connectivity index (χ1) is 9.61. The van der Waals surface area contributed by atoms with E-state index in [0.717, 1.165) is 5.82 Å². The summed E-state index contributed by atoms with van der Waals surface area (Å²) >= 11 is 0. The molecule has 0 aliphatic rings. The Labute approximate surface area is 117 Å². The van der Waals surface area contributed by atoms with Crippen molar-refractivity contribution in [2.24, 2.45) is 0 Å². The Balaban J connectivity index is 1.93. The monoisotopic (exact) mass is 275 g/mol. The van der Waals surface area contributed by atoms with Gasteiger partial charge in [0.2, 0.25) is 0 Å². The molecule has 1 aromatic carbocycles. The highest BCUT2D eigenvalue weighted by Gasteiger charge is 2.10. The number of hydrogen-bond donors (Lipinski definition) is 1. The Morgan fingerprint density at radius 3 is 2.90 bits per heavy atom. The molecular weight excluding hydrogens is 258 g/mol. The van der Waals surface area contributed by atoms with Gasteiger partial charge in [-0.05, 0) is 25.1 Å². The molecule has 2 rings (SSSR count). The van der Waals surface area contributed by atoms with Crippen LogP contribution in [0.4, 0.5) is 5.69 Å². The van der Waals surface area contributed by atoms with Gasteiger partial charge in [0, 0.05) is 12.4 Å². The maximum absolute atomic E-state index is 11.9. The molecule has 0 bridgehead atoms. The van der Waals surface area contributed by atoms with E-state index in [1.54, 1.807) is 24.4 Å². The molecule has 0 atom stereocenters. The number of ether oxygens (including phenoxy) is 2. The van der Waals surface area contributed by atoms with Gasteiger partial charge in [0.15, 0.2) is 0 Å². The van der Waals surface area contributed by atoms with E-state index in [9.17, 15) is 4.79 Å². The highest BCUT2D eigenvalue weighted by Crippen LogP contribution is 2.22. The molecule has 106 valence electrons. The second-order valence-corrected chi connectivity index (χ2v) is 4.26. The predicted molar refractivity (Wildman–Crippen MR) is 74.7 cm³/mol. The van der Waals surface area contributed by atoms with Crippen LogP contribution < -0.4 is 10.5 Å². The summed E-state index contributed by atoms with van der Waals surface area (Å²) in [5.41, 5.74) is 6.59. The molecule has 0 fully saturated rings. The maximum Gasteiger partial charge on any atom is 0.338 e. The van der Waals surface area contributed by atoms with Crippen molar-refractivity contribution in [1.82, 2.24) is 9.55 Å². The lowest BCUT2D eigenvalue weighted by Gasteiger charge is -2.09. The molecule has 0 aliphatic heterocycles. The largest absolute Gasteiger partial charge is 0.495 e. The summed E-state index contributed by atoms with van der Waals surface area (Å²) in [6, 6.07) is 4.80. The quantitative estimate of drug-likeness (QED) is 0.663. The third kappa shape index (κ3) is 3.09. The lowest BCUT2D eigenvalue weighted by Crippen LogP contribution is -2.12. The van der Waals surface area contributed by atoms with Crippen LogP contribution in [0.2, 0.25) is 0 Å². The van der Waals surface area contributed by atoms with Crippen molar-refractivity contribution in [1.29, 1.82) is 0 Å². The smallest absolute Gasteiger partial charge is 0.338 e. The van der Waals surface area contributed by atoms with E-state index in [2.05, 4.69) is 4.98 Å². The second-order valence-electron chi connectivity index (χ2n) is 4.26. The number of nitrogens with two attached hydrogens (primary N) is 1. The summed E-state index contributed by atoms with van der Waals surface area (Å²) in [5.74, 6) is 0.946. The number of methoxy groups -OCH3 is 1. The molecule has 0 saturated carbocycles. The first kappa shape index (κ1) is 13.9. The molecule has 0 radical (unpaired) electrons. The van der Waals surface area contributed by atoms with Gasteiger partial charge in [0.25, 0.3) is 0 Å². The molecule has 20 heavy (non-hydrogen) atoms. The summed E-state index contributed by atoms with van der Waals surface area (Å²) in [5, 5.41) is 0.